The summed E-state index contributed by atoms with van der Waals surface area (Å²) in [5.41, 5.74) is 3.99. The fourth-order valence-corrected chi connectivity index (χ4v) is 3.94. The highest BCUT2D eigenvalue weighted by Gasteiger charge is 2.28. The molecule has 2 heterocycles. The number of fused-ring (bicyclic) bond motifs is 1. The van der Waals surface area contributed by atoms with Crippen LogP contribution in [0.15, 0.2) is 66.9 Å². The summed E-state index contributed by atoms with van der Waals surface area (Å²) in [4.78, 5) is 29.6. The summed E-state index contributed by atoms with van der Waals surface area (Å²) in [5, 5.41) is 6.58. The number of anilines is 1. The van der Waals surface area contributed by atoms with Gasteiger partial charge in [0, 0.05) is 40.3 Å². The molecule has 0 unspecified atom stereocenters. The average Bonchev–Trinajstić information content (AvgIpc) is 2.78. The van der Waals surface area contributed by atoms with Crippen LogP contribution in [0.4, 0.5) is 5.69 Å². The molecule has 0 bridgehead atoms. The van der Waals surface area contributed by atoms with E-state index in [9.17, 15) is 9.59 Å². The molecule has 1 aromatic heterocycles. The van der Waals surface area contributed by atoms with E-state index in [-0.39, 0.29) is 17.2 Å². The predicted octanol–water partition coefficient (Wildman–Crippen LogP) is 5.14. The van der Waals surface area contributed by atoms with Gasteiger partial charge in [0.15, 0.2) is 5.78 Å². The number of halogens is 1. The molecule has 4 rings (SSSR count). The van der Waals surface area contributed by atoms with E-state index >= 15 is 0 Å². The van der Waals surface area contributed by atoms with E-state index in [0.717, 1.165) is 29.0 Å². The van der Waals surface area contributed by atoms with Gasteiger partial charge in [-0.2, -0.15) is 0 Å². The average molecular weight is 462 g/mol. The van der Waals surface area contributed by atoms with Gasteiger partial charge in [-0.3, -0.25) is 9.59 Å². The molecule has 33 heavy (non-hydrogen) atoms. The molecule has 1 aliphatic rings. The highest BCUT2D eigenvalue weighted by atomic mass is 35.5. The molecule has 6 nitrogen and oxygen atoms in total. The van der Waals surface area contributed by atoms with E-state index in [1.54, 1.807) is 49.6 Å². The third kappa shape index (κ3) is 5.23. The van der Waals surface area contributed by atoms with Crippen molar-refractivity contribution in [2.45, 2.75) is 25.8 Å². The zero-order chi connectivity index (χ0) is 23.6. The molecule has 0 aliphatic carbocycles. The lowest BCUT2D eigenvalue weighted by molar-refractivity contribution is 0.102. The third-order valence-corrected chi connectivity index (χ3v) is 5.61. The Bertz CT molecular complexity index is 1250. The summed E-state index contributed by atoms with van der Waals surface area (Å²) in [7, 11) is 1.62. The van der Waals surface area contributed by atoms with E-state index in [2.05, 4.69) is 29.5 Å². The van der Waals surface area contributed by atoms with E-state index in [0.29, 0.717) is 22.0 Å². The van der Waals surface area contributed by atoms with Gasteiger partial charge in [-0.1, -0.05) is 29.8 Å². The molecule has 0 radical (unpaired) electrons. The Morgan fingerprint density at radius 1 is 1.12 bits per heavy atom. The maximum absolute atomic E-state index is 13.1. The summed E-state index contributed by atoms with van der Waals surface area (Å²) in [6.07, 6.45) is 3.83. The summed E-state index contributed by atoms with van der Waals surface area (Å²) in [6.45, 7) is 4.19. The SMILES string of the molecule is COc1ccc2c(c1)C(=CC(=O)c1cccc(NC(=O)c3ccc(Cl)nc3)c1)NC(C)(C)C2. The first-order chi connectivity index (χ1) is 15.7. The number of hydrogen-bond donors (Lipinski definition) is 2. The van der Waals surface area contributed by atoms with Crippen LogP contribution in [0.5, 0.6) is 5.75 Å². The minimum absolute atomic E-state index is 0.173. The van der Waals surface area contributed by atoms with Gasteiger partial charge in [-0.25, -0.2) is 4.98 Å². The summed E-state index contributed by atoms with van der Waals surface area (Å²) >= 11 is 5.78. The van der Waals surface area contributed by atoms with E-state index < -0.39 is 0 Å². The largest absolute Gasteiger partial charge is 0.497 e. The number of methoxy groups -OCH3 is 1. The van der Waals surface area contributed by atoms with Crippen molar-refractivity contribution in [1.29, 1.82) is 0 Å². The quantitative estimate of drug-likeness (QED) is 0.312. The van der Waals surface area contributed by atoms with Crippen LogP contribution in [-0.4, -0.2) is 29.3 Å². The lowest BCUT2D eigenvalue weighted by atomic mass is 9.85. The molecule has 0 fully saturated rings. The lowest BCUT2D eigenvalue weighted by Crippen LogP contribution is -2.43. The number of nitrogens with one attached hydrogen (secondary N) is 2. The monoisotopic (exact) mass is 461 g/mol. The topological polar surface area (TPSA) is 80.3 Å². The van der Waals surface area contributed by atoms with Crippen LogP contribution in [0.2, 0.25) is 5.15 Å². The molecule has 7 heteroatoms. The van der Waals surface area contributed by atoms with Gasteiger partial charge >= 0.3 is 0 Å². The van der Waals surface area contributed by atoms with Crippen molar-refractivity contribution in [2.75, 3.05) is 12.4 Å². The van der Waals surface area contributed by atoms with E-state index in [4.69, 9.17) is 16.3 Å². The van der Waals surface area contributed by atoms with Crippen LogP contribution in [0.3, 0.4) is 0 Å². The number of amides is 1. The van der Waals surface area contributed by atoms with E-state index in [1.165, 1.54) is 6.20 Å². The fraction of sp³-hybridized carbons (Fsp3) is 0.192. The Labute approximate surface area is 197 Å². The fourth-order valence-electron chi connectivity index (χ4n) is 3.83. The molecule has 1 amide bonds. The Morgan fingerprint density at radius 2 is 1.94 bits per heavy atom. The number of nitrogens with zero attached hydrogens (tertiary/aromatic N) is 1. The van der Waals surface area contributed by atoms with Gasteiger partial charge in [-0.05, 0) is 62.2 Å². The number of ketones is 1. The van der Waals surface area contributed by atoms with E-state index in [1.807, 2.05) is 18.2 Å². The molecular weight excluding hydrogens is 438 g/mol. The maximum atomic E-state index is 13.1. The van der Waals surface area contributed by atoms with Crippen LogP contribution in [-0.2, 0) is 6.42 Å². The van der Waals surface area contributed by atoms with Gasteiger partial charge in [0.1, 0.15) is 10.9 Å². The van der Waals surface area contributed by atoms with Gasteiger partial charge in [0.05, 0.1) is 12.7 Å². The van der Waals surface area contributed by atoms with Gasteiger partial charge in [0.25, 0.3) is 5.91 Å². The molecule has 0 saturated heterocycles. The zero-order valence-electron chi connectivity index (χ0n) is 18.6. The Morgan fingerprint density at radius 3 is 2.67 bits per heavy atom. The Kier molecular flexibility index (Phi) is 6.20. The smallest absolute Gasteiger partial charge is 0.257 e. The van der Waals surface area contributed by atoms with Crippen LogP contribution in [0.25, 0.3) is 5.70 Å². The number of benzene rings is 2. The molecule has 168 valence electrons. The van der Waals surface area contributed by atoms with Gasteiger partial charge in [0.2, 0.25) is 0 Å². The first-order valence-corrected chi connectivity index (χ1v) is 10.9. The number of hydrogen-bond acceptors (Lipinski definition) is 5. The molecule has 2 aromatic carbocycles. The van der Waals surface area contributed by atoms with Gasteiger partial charge in [-0.15, -0.1) is 0 Å². The first-order valence-electron chi connectivity index (χ1n) is 10.5. The number of ether oxygens (including phenoxy) is 1. The van der Waals surface area contributed by atoms with Crippen molar-refractivity contribution < 1.29 is 14.3 Å². The predicted molar refractivity (Wildman–Crippen MR) is 130 cm³/mol. The summed E-state index contributed by atoms with van der Waals surface area (Å²) in [6, 6.07) is 15.9. The highest BCUT2D eigenvalue weighted by Crippen LogP contribution is 2.32. The summed E-state index contributed by atoms with van der Waals surface area (Å²) < 4.78 is 5.37. The highest BCUT2D eigenvalue weighted by molar-refractivity contribution is 6.29. The number of carbonyl (C=O) groups is 2. The van der Waals surface area contributed by atoms with Crippen molar-refractivity contribution in [2.24, 2.45) is 0 Å². The van der Waals surface area contributed by atoms with Crippen molar-refractivity contribution in [3.63, 3.8) is 0 Å². The molecule has 0 atom stereocenters. The minimum atomic E-state index is -0.334. The third-order valence-electron chi connectivity index (χ3n) is 5.38. The Balaban J connectivity index is 1.60. The maximum Gasteiger partial charge on any atom is 0.257 e. The molecule has 0 saturated carbocycles. The minimum Gasteiger partial charge on any atom is -0.497 e. The first kappa shape index (κ1) is 22.6. The van der Waals surface area contributed by atoms with Crippen LogP contribution < -0.4 is 15.4 Å². The number of aromatic nitrogens is 1. The number of allylic oxidation sites excluding steroid dienone is 1. The molecule has 1 aliphatic heterocycles. The van der Waals surface area contributed by atoms with Crippen LogP contribution in [0, 0.1) is 0 Å². The normalized spacial score (nSPS) is 15.3. The van der Waals surface area contributed by atoms with Crippen molar-refractivity contribution in [3.8, 4) is 5.75 Å². The number of pyridine rings is 1. The second-order valence-electron chi connectivity index (χ2n) is 8.54. The van der Waals surface area contributed by atoms with Crippen LogP contribution in [0.1, 0.15) is 45.7 Å². The molecule has 0 spiro atoms. The van der Waals surface area contributed by atoms with Crippen molar-refractivity contribution in [3.05, 3.63) is 94.3 Å². The number of carbonyl (C=O) groups excluding carboxylic acids is 2. The molecule has 3 aromatic rings. The second kappa shape index (κ2) is 9.08. The summed E-state index contributed by atoms with van der Waals surface area (Å²) in [5.74, 6) is 0.224. The standard InChI is InChI=1S/C26H24ClN3O3/c1-26(2)14-17-7-9-20(33-3)12-21(17)22(30-26)13-23(31)16-5-4-6-19(11-16)29-25(32)18-8-10-24(27)28-15-18/h4-13,15,30H,14H2,1-3H3,(H,29,32). The second-order valence-corrected chi connectivity index (χ2v) is 8.92. The van der Waals surface area contributed by atoms with Crippen LogP contribution >= 0.6 is 11.6 Å². The van der Waals surface area contributed by atoms with Gasteiger partial charge < -0.3 is 15.4 Å². The number of rotatable bonds is 5. The molecular formula is C26H24ClN3O3. The van der Waals surface area contributed by atoms with Crippen molar-refractivity contribution in [1.82, 2.24) is 10.3 Å². The molecule has 2 N–H and O–H groups in total. The Hall–Kier alpha value is -3.64. The zero-order valence-corrected chi connectivity index (χ0v) is 19.4. The lowest BCUT2D eigenvalue weighted by Gasteiger charge is -2.35. The van der Waals surface area contributed by atoms with Crippen molar-refractivity contribution >= 4 is 34.7 Å².